The van der Waals surface area contributed by atoms with Gasteiger partial charge in [0.15, 0.2) is 0 Å². The molecule has 1 fully saturated rings. The summed E-state index contributed by atoms with van der Waals surface area (Å²) in [6.07, 6.45) is 6.69. The third kappa shape index (κ3) is 5.62. The molecule has 4 rings (SSSR count). The highest BCUT2D eigenvalue weighted by atomic mass is 35.5. The maximum absolute atomic E-state index is 11.5. The molecule has 0 aromatic heterocycles. The SMILES string of the molecule is CCc1cc(N2CCN(CC3CC(C)(C)C=CC3c3ccc(Cl)cc3)CC2)ccc1C(=O)O. The number of piperazine rings is 1. The number of anilines is 1. The minimum atomic E-state index is -0.845. The number of carbonyl (C=O) groups is 1. The molecule has 1 aliphatic heterocycles. The van der Waals surface area contributed by atoms with Gasteiger partial charge < -0.3 is 10.0 Å². The molecular weight excluding hydrogens is 432 g/mol. The first-order valence-electron chi connectivity index (χ1n) is 12.0. The largest absolute Gasteiger partial charge is 0.478 e. The van der Waals surface area contributed by atoms with Gasteiger partial charge in [0, 0.05) is 49.4 Å². The molecule has 0 amide bonds. The fraction of sp³-hybridized carbons (Fsp3) is 0.464. The van der Waals surface area contributed by atoms with Gasteiger partial charge in [-0.1, -0.05) is 56.7 Å². The summed E-state index contributed by atoms with van der Waals surface area (Å²) < 4.78 is 0. The van der Waals surface area contributed by atoms with Crippen molar-refractivity contribution < 1.29 is 9.90 Å². The Kier molecular flexibility index (Phi) is 7.16. The number of carboxylic acid groups (broad SMARTS) is 1. The third-order valence-electron chi connectivity index (χ3n) is 7.24. The van der Waals surface area contributed by atoms with Gasteiger partial charge in [0.2, 0.25) is 0 Å². The average molecular weight is 467 g/mol. The predicted octanol–water partition coefficient (Wildman–Crippen LogP) is 6.11. The molecule has 0 spiro atoms. The van der Waals surface area contributed by atoms with E-state index in [4.69, 9.17) is 11.6 Å². The van der Waals surface area contributed by atoms with Gasteiger partial charge >= 0.3 is 5.97 Å². The molecule has 0 saturated carbocycles. The highest BCUT2D eigenvalue weighted by Gasteiger charge is 2.33. The van der Waals surface area contributed by atoms with Crippen molar-refractivity contribution in [2.45, 2.75) is 39.5 Å². The molecular formula is C28H35ClN2O2. The van der Waals surface area contributed by atoms with E-state index in [1.807, 2.05) is 25.1 Å². The Balaban J connectivity index is 1.42. The van der Waals surface area contributed by atoms with Crippen LogP contribution >= 0.6 is 11.6 Å². The van der Waals surface area contributed by atoms with Gasteiger partial charge in [0.25, 0.3) is 0 Å². The van der Waals surface area contributed by atoms with E-state index in [-0.39, 0.29) is 5.41 Å². The van der Waals surface area contributed by atoms with E-state index in [0.29, 0.717) is 17.4 Å². The standard InChI is InChI=1S/C28H35ClN2O2/c1-4-20-17-24(9-10-26(20)27(32)33)31-15-13-30(14-16-31)19-22-18-28(2,3)12-11-25(22)21-5-7-23(29)8-6-21/h5-12,17,22,25H,4,13-16,18-19H2,1-3H3,(H,32,33). The summed E-state index contributed by atoms with van der Waals surface area (Å²) in [6.45, 7) is 11.7. The molecule has 2 unspecified atom stereocenters. The zero-order valence-corrected chi connectivity index (χ0v) is 20.7. The predicted molar refractivity (Wildman–Crippen MR) is 137 cm³/mol. The van der Waals surface area contributed by atoms with Crippen LogP contribution < -0.4 is 4.90 Å². The smallest absolute Gasteiger partial charge is 0.335 e. The molecule has 2 aromatic carbocycles. The van der Waals surface area contributed by atoms with Crippen LogP contribution in [0.4, 0.5) is 5.69 Å². The van der Waals surface area contributed by atoms with Crippen LogP contribution in [0.3, 0.4) is 0 Å². The quantitative estimate of drug-likeness (QED) is 0.521. The first-order valence-corrected chi connectivity index (χ1v) is 12.4. The lowest BCUT2D eigenvalue weighted by atomic mass is 9.70. The molecule has 5 heteroatoms. The number of aryl methyl sites for hydroxylation is 1. The molecule has 176 valence electrons. The van der Waals surface area contributed by atoms with Crippen molar-refractivity contribution >= 4 is 23.3 Å². The van der Waals surface area contributed by atoms with Gasteiger partial charge in [0.1, 0.15) is 0 Å². The zero-order valence-electron chi connectivity index (χ0n) is 19.9. The Bertz CT molecular complexity index is 1010. The van der Waals surface area contributed by atoms with Gasteiger partial charge in [0.05, 0.1) is 5.56 Å². The summed E-state index contributed by atoms with van der Waals surface area (Å²) in [6, 6.07) is 14.1. The maximum Gasteiger partial charge on any atom is 0.335 e. The number of carboxylic acids is 1. The van der Waals surface area contributed by atoms with E-state index in [9.17, 15) is 9.90 Å². The summed E-state index contributed by atoms with van der Waals surface area (Å²) in [5.74, 6) is 0.145. The van der Waals surface area contributed by atoms with E-state index < -0.39 is 5.97 Å². The second kappa shape index (κ2) is 9.90. The second-order valence-corrected chi connectivity index (χ2v) is 10.6. The Hall–Kier alpha value is -2.30. The van der Waals surface area contributed by atoms with Crippen LogP contribution in [-0.2, 0) is 6.42 Å². The van der Waals surface area contributed by atoms with E-state index in [1.165, 1.54) is 12.0 Å². The van der Waals surface area contributed by atoms with E-state index in [1.54, 1.807) is 6.07 Å². The van der Waals surface area contributed by atoms with Crippen molar-refractivity contribution in [2.24, 2.45) is 11.3 Å². The lowest BCUT2D eigenvalue weighted by Crippen LogP contribution is -2.48. The summed E-state index contributed by atoms with van der Waals surface area (Å²) in [5.41, 5.74) is 4.03. The summed E-state index contributed by atoms with van der Waals surface area (Å²) >= 11 is 6.14. The molecule has 2 atom stereocenters. The number of hydrogen-bond acceptors (Lipinski definition) is 3. The molecule has 2 aromatic rings. The number of rotatable bonds is 6. The van der Waals surface area contributed by atoms with E-state index in [2.05, 4.69) is 54.0 Å². The van der Waals surface area contributed by atoms with Gasteiger partial charge in [-0.25, -0.2) is 4.79 Å². The topological polar surface area (TPSA) is 43.8 Å². The van der Waals surface area contributed by atoms with Gasteiger partial charge in [-0.05, 0) is 65.6 Å². The van der Waals surface area contributed by atoms with E-state index in [0.717, 1.165) is 55.4 Å². The number of aromatic carboxylic acids is 1. The molecule has 1 saturated heterocycles. The van der Waals surface area contributed by atoms with Crippen LogP contribution in [0.5, 0.6) is 0 Å². The average Bonchev–Trinajstić information content (AvgIpc) is 2.79. The first-order chi connectivity index (χ1) is 15.8. The summed E-state index contributed by atoms with van der Waals surface area (Å²) in [7, 11) is 0. The number of hydrogen-bond donors (Lipinski definition) is 1. The lowest BCUT2D eigenvalue weighted by Gasteiger charge is -2.42. The minimum absolute atomic E-state index is 0.220. The van der Waals surface area contributed by atoms with Crippen molar-refractivity contribution in [1.29, 1.82) is 0 Å². The fourth-order valence-electron chi connectivity index (χ4n) is 5.44. The molecule has 0 bridgehead atoms. The molecule has 2 aliphatic rings. The summed E-state index contributed by atoms with van der Waals surface area (Å²) in [4.78, 5) is 16.5. The zero-order chi connectivity index (χ0) is 23.6. The van der Waals surface area contributed by atoms with Crippen molar-refractivity contribution in [1.82, 2.24) is 4.90 Å². The van der Waals surface area contributed by atoms with Gasteiger partial charge in [-0.15, -0.1) is 0 Å². The Morgan fingerprint density at radius 3 is 2.42 bits per heavy atom. The second-order valence-electron chi connectivity index (χ2n) is 10.2. The number of halogens is 1. The van der Waals surface area contributed by atoms with Crippen molar-refractivity contribution in [3.8, 4) is 0 Å². The lowest BCUT2D eigenvalue weighted by molar-refractivity contribution is 0.0695. The van der Waals surface area contributed by atoms with Crippen molar-refractivity contribution in [2.75, 3.05) is 37.6 Å². The van der Waals surface area contributed by atoms with Crippen LogP contribution in [0.1, 0.15) is 54.6 Å². The number of nitrogens with zero attached hydrogens (tertiary/aromatic N) is 2. The highest BCUT2D eigenvalue weighted by molar-refractivity contribution is 6.30. The summed E-state index contributed by atoms with van der Waals surface area (Å²) in [5, 5.41) is 10.2. The maximum atomic E-state index is 11.5. The molecule has 4 nitrogen and oxygen atoms in total. The number of benzene rings is 2. The minimum Gasteiger partial charge on any atom is -0.478 e. The van der Waals surface area contributed by atoms with Crippen molar-refractivity contribution in [3.63, 3.8) is 0 Å². The van der Waals surface area contributed by atoms with Crippen LogP contribution in [0.15, 0.2) is 54.6 Å². The molecule has 1 N–H and O–H groups in total. The molecule has 33 heavy (non-hydrogen) atoms. The van der Waals surface area contributed by atoms with Crippen LogP contribution in [0, 0.1) is 11.3 Å². The normalized spacial score (nSPS) is 23.0. The first kappa shape index (κ1) is 23.8. The van der Waals surface area contributed by atoms with Gasteiger partial charge in [-0.3, -0.25) is 4.90 Å². The van der Waals surface area contributed by atoms with Crippen LogP contribution in [-0.4, -0.2) is 48.7 Å². The highest BCUT2D eigenvalue weighted by Crippen LogP contribution is 2.42. The molecule has 0 radical (unpaired) electrons. The fourth-order valence-corrected chi connectivity index (χ4v) is 5.56. The molecule has 1 aliphatic carbocycles. The Morgan fingerprint density at radius 2 is 1.79 bits per heavy atom. The van der Waals surface area contributed by atoms with Crippen LogP contribution in [0.2, 0.25) is 5.02 Å². The third-order valence-corrected chi connectivity index (χ3v) is 7.49. The Labute approximate surface area is 202 Å². The van der Waals surface area contributed by atoms with Crippen molar-refractivity contribution in [3.05, 3.63) is 76.3 Å². The Morgan fingerprint density at radius 1 is 1.09 bits per heavy atom. The van der Waals surface area contributed by atoms with Crippen LogP contribution in [0.25, 0.3) is 0 Å². The van der Waals surface area contributed by atoms with E-state index >= 15 is 0 Å². The monoisotopic (exact) mass is 466 g/mol. The molecule has 1 heterocycles. The van der Waals surface area contributed by atoms with Gasteiger partial charge in [-0.2, -0.15) is 0 Å². The number of allylic oxidation sites excluding steroid dienone is 2.